The Morgan fingerprint density at radius 1 is 1.21 bits per heavy atom. The molecule has 2 rings (SSSR count). The molecule has 6 nitrogen and oxygen atoms in total. The van der Waals surface area contributed by atoms with E-state index in [1.54, 1.807) is 6.26 Å². The van der Waals surface area contributed by atoms with Crippen molar-refractivity contribution in [2.24, 2.45) is 0 Å². The first kappa shape index (κ1) is 22.6. The molecule has 2 amide bonds. The van der Waals surface area contributed by atoms with E-state index in [0.29, 0.717) is 15.6 Å². The van der Waals surface area contributed by atoms with Gasteiger partial charge in [-0.15, -0.1) is 18.2 Å². The number of rotatable bonds is 6. The van der Waals surface area contributed by atoms with E-state index in [-0.39, 0.29) is 23.3 Å². The van der Waals surface area contributed by atoms with Gasteiger partial charge in [-0.25, -0.2) is 9.97 Å². The zero-order valence-electron chi connectivity index (χ0n) is 15.3. The lowest BCUT2D eigenvalue weighted by Gasteiger charge is -2.11. The lowest BCUT2D eigenvalue weighted by Crippen LogP contribution is -2.16. The molecular weight excluding hydrogens is 425 g/mol. The summed E-state index contributed by atoms with van der Waals surface area (Å²) in [6.07, 6.45) is 2.75. The maximum atomic E-state index is 12.8. The zero-order valence-corrected chi connectivity index (χ0v) is 16.9. The van der Waals surface area contributed by atoms with Crippen LogP contribution in [0.15, 0.2) is 34.3 Å². The van der Waals surface area contributed by atoms with Crippen LogP contribution in [-0.2, 0) is 15.8 Å². The second-order valence-electron chi connectivity index (χ2n) is 5.48. The maximum Gasteiger partial charge on any atom is 0.416 e. The Bertz CT molecular complexity index is 975. The fourth-order valence-electron chi connectivity index (χ4n) is 2.11. The minimum Gasteiger partial charge on any atom is -0.325 e. The molecule has 0 aliphatic heterocycles. The van der Waals surface area contributed by atoms with Crippen molar-refractivity contribution in [2.75, 3.05) is 22.6 Å². The van der Waals surface area contributed by atoms with E-state index in [9.17, 15) is 22.8 Å². The molecule has 1 aromatic carbocycles. The van der Waals surface area contributed by atoms with Crippen molar-refractivity contribution < 1.29 is 22.8 Å². The van der Waals surface area contributed by atoms with Crippen LogP contribution in [-0.4, -0.2) is 33.8 Å². The van der Waals surface area contributed by atoms with E-state index in [1.165, 1.54) is 30.8 Å². The van der Waals surface area contributed by atoms with Crippen LogP contribution in [0.2, 0.25) is 0 Å². The smallest absolute Gasteiger partial charge is 0.325 e. The van der Waals surface area contributed by atoms with Gasteiger partial charge in [-0.2, -0.15) is 13.2 Å². The Labute approximate surface area is 173 Å². The summed E-state index contributed by atoms with van der Waals surface area (Å²) < 4.78 is 38.3. The summed E-state index contributed by atoms with van der Waals surface area (Å²) in [6.45, 7) is 1.30. The number of carbonyl (C=O) groups is 2. The van der Waals surface area contributed by atoms with Crippen molar-refractivity contribution in [1.29, 1.82) is 0 Å². The number of benzene rings is 1. The van der Waals surface area contributed by atoms with Gasteiger partial charge in [0, 0.05) is 12.6 Å². The first-order valence-corrected chi connectivity index (χ1v) is 10.1. The van der Waals surface area contributed by atoms with Gasteiger partial charge < -0.3 is 5.32 Å². The highest BCUT2D eigenvalue weighted by Crippen LogP contribution is 2.31. The molecule has 29 heavy (non-hydrogen) atoms. The van der Waals surface area contributed by atoms with Crippen LogP contribution in [0.5, 0.6) is 0 Å². The van der Waals surface area contributed by atoms with Crippen molar-refractivity contribution >= 4 is 47.0 Å². The van der Waals surface area contributed by atoms with Gasteiger partial charge >= 0.3 is 6.18 Å². The quantitative estimate of drug-likeness (QED) is 0.403. The largest absolute Gasteiger partial charge is 0.416 e. The molecule has 152 valence electrons. The van der Waals surface area contributed by atoms with Gasteiger partial charge in [0.05, 0.1) is 16.9 Å². The molecule has 0 atom stereocenters. The summed E-state index contributed by atoms with van der Waals surface area (Å²) in [5.74, 6) is 1.43. The first-order chi connectivity index (χ1) is 13.6. The summed E-state index contributed by atoms with van der Waals surface area (Å²) in [5.41, 5.74) is -0.476. The fraction of sp³-hybridized carbons (Fsp3) is 0.222. The first-order valence-electron chi connectivity index (χ1n) is 7.94. The summed E-state index contributed by atoms with van der Waals surface area (Å²) in [4.78, 5) is 31.7. The maximum absolute atomic E-state index is 12.8. The highest BCUT2D eigenvalue weighted by Gasteiger charge is 2.30. The Balaban J connectivity index is 2.15. The number of halogens is 3. The molecule has 1 heterocycles. The highest BCUT2D eigenvalue weighted by molar-refractivity contribution is 8.00. The molecule has 0 radical (unpaired) electrons. The Hall–Kier alpha value is -2.71. The number of anilines is 2. The van der Waals surface area contributed by atoms with E-state index in [1.807, 2.05) is 0 Å². The van der Waals surface area contributed by atoms with Gasteiger partial charge in [-0.3, -0.25) is 14.9 Å². The molecule has 0 saturated carbocycles. The van der Waals surface area contributed by atoms with Crippen LogP contribution in [0.1, 0.15) is 18.1 Å². The molecule has 2 aromatic rings. The van der Waals surface area contributed by atoms with Gasteiger partial charge in [0.2, 0.25) is 17.8 Å². The summed E-state index contributed by atoms with van der Waals surface area (Å²) in [6, 6.07) is 4.33. The minimum absolute atomic E-state index is 0.0222. The number of carbonyl (C=O) groups excluding carboxylic acids is 2. The van der Waals surface area contributed by atoms with Gasteiger partial charge in [-0.05, 0) is 24.5 Å². The predicted molar refractivity (Wildman–Crippen MR) is 107 cm³/mol. The minimum atomic E-state index is -4.51. The van der Waals surface area contributed by atoms with Crippen molar-refractivity contribution in [3.8, 4) is 12.3 Å². The lowest BCUT2D eigenvalue weighted by atomic mass is 10.2. The number of terminal acetylenes is 1. The van der Waals surface area contributed by atoms with Gasteiger partial charge in [0.25, 0.3) is 0 Å². The van der Waals surface area contributed by atoms with Crippen LogP contribution in [0.4, 0.5) is 24.8 Å². The SMILES string of the molecule is C#Cc1c(SC)nc(NC(C)=O)nc1SCC(=O)Nc1cccc(C(F)(F)F)c1. The zero-order chi connectivity index (χ0) is 21.6. The van der Waals surface area contributed by atoms with E-state index in [4.69, 9.17) is 6.42 Å². The van der Waals surface area contributed by atoms with E-state index >= 15 is 0 Å². The second-order valence-corrected chi connectivity index (χ2v) is 7.24. The van der Waals surface area contributed by atoms with E-state index in [0.717, 1.165) is 23.9 Å². The van der Waals surface area contributed by atoms with Gasteiger partial charge in [0.1, 0.15) is 10.1 Å². The molecule has 2 N–H and O–H groups in total. The third-order valence-corrected chi connectivity index (χ3v) is 4.94. The molecule has 0 spiro atoms. The van der Waals surface area contributed by atoms with Crippen LogP contribution < -0.4 is 10.6 Å². The van der Waals surface area contributed by atoms with Gasteiger partial charge in [0.15, 0.2) is 0 Å². The number of aromatic nitrogens is 2. The molecule has 0 aliphatic rings. The third-order valence-electron chi connectivity index (χ3n) is 3.28. The Kier molecular flexibility index (Phi) is 7.53. The average Bonchev–Trinajstić information content (AvgIpc) is 2.64. The summed E-state index contributed by atoms with van der Waals surface area (Å²) in [7, 11) is 0. The van der Waals surface area contributed by atoms with Gasteiger partial charge in [-0.1, -0.05) is 23.7 Å². The Morgan fingerprint density at radius 3 is 2.48 bits per heavy atom. The van der Waals surface area contributed by atoms with Crippen molar-refractivity contribution in [1.82, 2.24) is 9.97 Å². The number of nitrogens with one attached hydrogen (secondary N) is 2. The highest BCUT2D eigenvalue weighted by atomic mass is 32.2. The molecule has 0 unspecified atom stereocenters. The molecule has 0 bridgehead atoms. The summed E-state index contributed by atoms with van der Waals surface area (Å²) >= 11 is 2.24. The number of hydrogen-bond acceptors (Lipinski definition) is 6. The molecule has 0 fully saturated rings. The number of amides is 2. The molecule has 1 aromatic heterocycles. The standard InChI is InChI=1S/C18H15F3N4O2S2/c1-4-13-15(28-3)24-17(22-10(2)26)25-16(13)29-9-14(27)23-12-7-5-6-11(8-12)18(19,20)21/h1,5-8H,9H2,2-3H3,(H,23,27)(H,22,24,25,26). The van der Waals surface area contributed by atoms with E-state index < -0.39 is 17.6 Å². The second kappa shape index (κ2) is 9.67. The number of thioether (sulfide) groups is 2. The van der Waals surface area contributed by atoms with Crippen molar-refractivity contribution in [2.45, 2.75) is 23.2 Å². The molecule has 0 saturated heterocycles. The number of nitrogens with zero attached hydrogens (tertiary/aromatic N) is 2. The van der Waals surface area contributed by atoms with Crippen molar-refractivity contribution in [3.05, 3.63) is 35.4 Å². The van der Waals surface area contributed by atoms with Crippen LogP contribution >= 0.6 is 23.5 Å². The van der Waals surface area contributed by atoms with Crippen LogP contribution in [0.25, 0.3) is 0 Å². The topological polar surface area (TPSA) is 84.0 Å². The fourth-order valence-corrected chi connectivity index (χ4v) is 3.51. The van der Waals surface area contributed by atoms with Crippen molar-refractivity contribution in [3.63, 3.8) is 0 Å². The average molecular weight is 440 g/mol. The van der Waals surface area contributed by atoms with Crippen LogP contribution in [0.3, 0.4) is 0 Å². The Morgan fingerprint density at radius 2 is 1.90 bits per heavy atom. The predicted octanol–water partition coefficient (Wildman–Crippen LogP) is 3.89. The molecule has 0 aliphatic carbocycles. The van der Waals surface area contributed by atoms with Crippen LogP contribution in [0, 0.1) is 12.3 Å². The molecule has 11 heteroatoms. The number of alkyl halides is 3. The lowest BCUT2D eigenvalue weighted by molar-refractivity contribution is -0.137. The van der Waals surface area contributed by atoms with E-state index in [2.05, 4.69) is 26.5 Å². The summed E-state index contributed by atoms with van der Waals surface area (Å²) in [5, 5.41) is 5.62. The monoisotopic (exact) mass is 440 g/mol. The molecular formula is C18H15F3N4O2S2. The number of hydrogen-bond donors (Lipinski definition) is 2. The normalized spacial score (nSPS) is 10.9. The third kappa shape index (κ3) is 6.40.